The first-order valence-corrected chi connectivity index (χ1v) is 27.7. The normalized spacial score (nSPS) is 42.4. The molecule has 5 rings (SSSR count). The molecule has 0 bridgehead atoms. The molecular weight excluding hydrogens is 993 g/mol. The van der Waals surface area contributed by atoms with Crippen molar-refractivity contribution in [3.63, 3.8) is 0 Å². The molecule has 0 aromatic heterocycles. The maximum atomic E-state index is 15.8. The molecule has 0 radical (unpaired) electrons. The Bertz CT molecular complexity index is 1910. The fourth-order valence-electron chi connectivity index (χ4n) is 11.8. The SMILES string of the molecule is CO[C@@H]1[C@H](O)[C@@H](C)O[C@@H](OC[C@H](C)[C@H]2OC(=O)[C@H](C)[C@@H](O[C@H]3C[C@@H](C)N(C)C[C@H](C)O3)[C@H](C)[C@@H](O[C@@H]3O[C@H](C)CC(=O)[C@H]3O)[C@@H](C)C[C@](C)(OC(=O)N3CCO[C@@H](C)C3)C(=O)[C@H](C)[C@H](OC(=O)CC(C)C)[C@H]2C)[C@@H]1OC. The van der Waals surface area contributed by atoms with Gasteiger partial charge in [-0.05, 0) is 73.8 Å². The van der Waals surface area contributed by atoms with Crippen LogP contribution in [0.5, 0.6) is 0 Å². The molecule has 0 aromatic rings. The summed E-state index contributed by atoms with van der Waals surface area (Å²) in [5.74, 6) is -7.95. The van der Waals surface area contributed by atoms with E-state index in [4.69, 9.17) is 56.8 Å². The molecule has 1 amide bonds. The number of aliphatic hydroxyl groups is 2. The van der Waals surface area contributed by atoms with E-state index in [-0.39, 0.29) is 69.7 Å². The Kier molecular flexibility index (Phi) is 23.5. The highest BCUT2D eigenvalue weighted by Crippen LogP contribution is 2.41. The minimum Gasteiger partial charge on any atom is -0.461 e. The zero-order valence-electron chi connectivity index (χ0n) is 48.4. The number of carbonyl (C=O) groups is 5. The lowest BCUT2D eigenvalue weighted by Gasteiger charge is -2.45. The topological polar surface area (TPSA) is 243 Å². The second-order valence-electron chi connectivity index (χ2n) is 23.5. The van der Waals surface area contributed by atoms with Crippen molar-refractivity contribution >= 4 is 29.6 Å². The number of morpholine rings is 1. The van der Waals surface area contributed by atoms with E-state index in [0.29, 0.717) is 13.0 Å². The van der Waals surface area contributed by atoms with E-state index in [1.807, 2.05) is 41.7 Å². The van der Waals surface area contributed by atoms with Crippen LogP contribution in [0.3, 0.4) is 0 Å². The van der Waals surface area contributed by atoms with Crippen LogP contribution in [0.1, 0.15) is 123 Å². The first-order valence-electron chi connectivity index (χ1n) is 27.7. The van der Waals surface area contributed by atoms with Crippen molar-refractivity contribution in [1.82, 2.24) is 9.80 Å². The van der Waals surface area contributed by atoms with Crippen molar-refractivity contribution < 1.29 is 91.0 Å². The summed E-state index contributed by atoms with van der Waals surface area (Å²) in [5.41, 5.74) is -1.95. The Hall–Kier alpha value is -2.93. The van der Waals surface area contributed by atoms with Crippen molar-refractivity contribution in [1.29, 1.82) is 0 Å². The molecule has 21 heteroatoms. The molecule has 21 nitrogen and oxygen atoms in total. The maximum absolute atomic E-state index is 15.8. The first kappa shape index (κ1) is 63.9. The predicted molar refractivity (Wildman–Crippen MR) is 274 cm³/mol. The summed E-state index contributed by atoms with van der Waals surface area (Å²) in [6.07, 6.45) is -14.7. The number of esters is 2. The molecule has 0 saturated carbocycles. The Morgan fingerprint density at radius 1 is 0.776 bits per heavy atom. The number of Topliss-reactive ketones (excluding diaryl/α,β-unsaturated/α-hetero) is 2. The lowest BCUT2D eigenvalue weighted by molar-refractivity contribution is -0.305. The third-order valence-electron chi connectivity index (χ3n) is 16.2. The van der Waals surface area contributed by atoms with Gasteiger partial charge in [-0.15, -0.1) is 0 Å². The number of hydrogen-bond acceptors (Lipinski definition) is 20. The Morgan fingerprint density at radius 3 is 2.08 bits per heavy atom. The number of rotatable bonds is 14. The molecule has 5 aliphatic heterocycles. The molecule has 5 saturated heterocycles. The molecule has 438 valence electrons. The largest absolute Gasteiger partial charge is 0.461 e. The highest BCUT2D eigenvalue weighted by Gasteiger charge is 2.53. The number of hydrogen-bond donors (Lipinski definition) is 2. The first-order chi connectivity index (χ1) is 35.6. The van der Waals surface area contributed by atoms with E-state index in [1.165, 1.54) is 26.0 Å². The smallest absolute Gasteiger partial charge is 0.410 e. The summed E-state index contributed by atoms with van der Waals surface area (Å²) in [7, 11) is 4.91. The summed E-state index contributed by atoms with van der Waals surface area (Å²) in [5, 5.41) is 22.3. The molecule has 2 N–H and O–H groups in total. The minimum atomic E-state index is -1.95. The van der Waals surface area contributed by atoms with Crippen LogP contribution >= 0.6 is 0 Å². The molecule has 5 heterocycles. The van der Waals surface area contributed by atoms with Crippen molar-refractivity contribution in [2.45, 2.75) is 226 Å². The number of cyclic esters (lactones) is 1. The lowest BCUT2D eigenvalue weighted by atomic mass is 9.74. The van der Waals surface area contributed by atoms with Crippen LogP contribution < -0.4 is 0 Å². The van der Waals surface area contributed by atoms with E-state index in [0.717, 1.165) is 0 Å². The van der Waals surface area contributed by atoms with Crippen molar-refractivity contribution in [2.75, 3.05) is 54.1 Å². The number of methoxy groups -OCH3 is 2. The Morgan fingerprint density at radius 2 is 1.45 bits per heavy atom. The summed E-state index contributed by atoms with van der Waals surface area (Å²) in [6, 6.07) is 0.00539. The third kappa shape index (κ3) is 15.9. The minimum absolute atomic E-state index is 0.00539. The van der Waals surface area contributed by atoms with Crippen molar-refractivity contribution in [3.8, 4) is 0 Å². The zero-order valence-corrected chi connectivity index (χ0v) is 48.4. The number of amides is 1. The fourth-order valence-corrected chi connectivity index (χ4v) is 11.8. The standard InChI is InChI=1S/C55H94N2O19/c1-27(2)20-40(59)72-46-35(10)45(29(4)26-68-53-49(66-17)48(65-16)42(60)38(13)71-53)74-51(63)37(12)47(73-41-21-30(5)56(15)24-33(8)69-41)34(9)44(75-52-43(61)39(58)22-31(6)70-52)28(3)23-55(14,50(62)36(46)11)76-54(64)57-18-19-67-32(7)25-57/h27-38,41-49,52-53,60-61H,18-26H2,1-17H3/t28-,29-,30+,31+,32-,33-,34+,35-,36+,37+,38+,41-,42+,43+,44-,45+,46+,47-,48+,49+,52-,53+,55-/m0/s1. The molecular formula is C55H94N2O19. The van der Waals surface area contributed by atoms with Gasteiger partial charge in [-0.2, -0.15) is 0 Å². The molecule has 5 fully saturated rings. The van der Waals surface area contributed by atoms with Gasteiger partial charge < -0.3 is 76.9 Å². The summed E-state index contributed by atoms with van der Waals surface area (Å²) in [6.45, 7) is 26.1. The highest BCUT2D eigenvalue weighted by molar-refractivity contribution is 5.91. The van der Waals surface area contributed by atoms with Crippen molar-refractivity contribution in [2.24, 2.45) is 41.4 Å². The van der Waals surface area contributed by atoms with Crippen LogP contribution in [0, 0.1) is 41.4 Å². The van der Waals surface area contributed by atoms with Crippen LogP contribution in [0.2, 0.25) is 0 Å². The van der Waals surface area contributed by atoms with E-state index >= 15 is 9.59 Å². The van der Waals surface area contributed by atoms with Gasteiger partial charge in [0.15, 0.2) is 42.1 Å². The molecule has 23 atom stereocenters. The molecule has 5 aliphatic rings. The maximum Gasteiger partial charge on any atom is 0.410 e. The van der Waals surface area contributed by atoms with Gasteiger partial charge in [0.1, 0.15) is 30.5 Å². The Balaban J connectivity index is 1.70. The van der Waals surface area contributed by atoms with Crippen LogP contribution in [0.4, 0.5) is 4.79 Å². The predicted octanol–water partition coefficient (Wildman–Crippen LogP) is 4.70. The van der Waals surface area contributed by atoms with E-state index in [2.05, 4.69) is 11.8 Å². The Labute approximate surface area is 451 Å². The lowest BCUT2D eigenvalue weighted by Crippen LogP contribution is -2.59. The van der Waals surface area contributed by atoms with Crippen LogP contribution in [0.25, 0.3) is 0 Å². The van der Waals surface area contributed by atoms with E-state index in [1.54, 1.807) is 48.5 Å². The number of ketones is 2. The average molecular weight is 1090 g/mol. The monoisotopic (exact) mass is 1090 g/mol. The summed E-state index contributed by atoms with van der Waals surface area (Å²) >= 11 is 0. The van der Waals surface area contributed by atoms with Gasteiger partial charge in [0.05, 0.1) is 68.2 Å². The fraction of sp³-hybridized carbons (Fsp3) is 0.909. The van der Waals surface area contributed by atoms with Gasteiger partial charge in [0.2, 0.25) is 0 Å². The molecule has 0 aliphatic carbocycles. The number of carbonyl (C=O) groups excluding carboxylic acids is 5. The highest BCUT2D eigenvalue weighted by atomic mass is 16.7. The molecule has 0 aromatic carbocycles. The van der Waals surface area contributed by atoms with Gasteiger partial charge in [-0.25, -0.2) is 4.79 Å². The quantitative estimate of drug-likeness (QED) is 0.177. The van der Waals surface area contributed by atoms with Gasteiger partial charge in [0, 0.05) is 70.4 Å². The van der Waals surface area contributed by atoms with Crippen LogP contribution in [0.15, 0.2) is 0 Å². The number of aliphatic hydroxyl groups excluding tert-OH is 2. The van der Waals surface area contributed by atoms with Gasteiger partial charge in [0.25, 0.3) is 0 Å². The molecule has 76 heavy (non-hydrogen) atoms. The van der Waals surface area contributed by atoms with Crippen molar-refractivity contribution in [3.05, 3.63) is 0 Å². The molecule has 0 unspecified atom stereocenters. The number of likely N-dealkylation sites (N-methyl/N-ethyl adjacent to an activating group) is 1. The zero-order chi connectivity index (χ0) is 56.7. The summed E-state index contributed by atoms with van der Waals surface area (Å²) < 4.78 is 75.7. The van der Waals surface area contributed by atoms with E-state index < -0.39 is 151 Å². The third-order valence-corrected chi connectivity index (χ3v) is 16.2. The number of nitrogens with zero attached hydrogens (tertiary/aromatic N) is 2. The number of ether oxygens (including phenoxy) is 12. The van der Waals surface area contributed by atoms with Gasteiger partial charge in [-0.1, -0.05) is 48.5 Å². The van der Waals surface area contributed by atoms with E-state index in [9.17, 15) is 24.6 Å². The summed E-state index contributed by atoms with van der Waals surface area (Å²) in [4.78, 5) is 76.4. The second-order valence-corrected chi connectivity index (χ2v) is 23.5. The van der Waals surface area contributed by atoms with Crippen LogP contribution in [-0.4, -0.2) is 207 Å². The second kappa shape index (κ2) is 28.0. The van der Waals surface area contributed by atoms with Gasteiger partial charge in [-0.3, -0.25) is 19.2 Å². The van der Waals surface area contributed by atoms with Gasteiger partial charge >= 0.3 is 18.0 Å². The average Bonchev–Trinajstić information content (AvgIpc) is 3.47. The van der Waals surface area contributed by atoms with Crippen LogP contribution in [-0.2, 0) is 76.0 Å². The molecule has 0 spiro atoms.